The SMILES string of the molecule is O=C(O)/C=C/c1cccc(C(F)(F)F)c1-c1ccc(F)cc1. The van der Waals surface area contributed by atoms with Crippen molar-refractivity contribution in [2.75, 3.05) is 0 Å². The van der Waals surface area contributed by atoms with Gasteiger partial charge in [0, 0.05) is 11.6 Å². The minimum Gasteiger partial charge on any atom is -0.478 e. The first-order valence-corrected chi connectivity index (χ1v) is 6.16. The van der Waals surface area contributed by atoms with Gasteiger partial charge in [-0.25, -0.2) is 9.18 Å². The van der Waals surface area contributed by atoms with Crippen molar-refractivity contribution in [2.24, 2.45) is 0 Å². The van der Waals surface area contributed by atoms with Gasteiger partial charge in [-0.3, -0.25) is 0 Å². The molecule has 2 nitrogen and oxygen atoms in total. The molecule has 22 heavy (non-hydrogen) atoms. The zero-order valence-electron chi connectivity index (χ0n) is 11.1. The van der Waals surface area contributed by atoms with Crippen molar-refractivity contribution >= 4 is 12.0 Å². The van der Waals surface area contributed by atoms with E-state index in [2.05, 4.69) is 0 Å². The Morgan fingerprint density at radius 2 is 1.68 bits per heavy atom. The van der Waals surface area contributed by atoms with E-state index in [9.17, 15) is 22.4 Å². The van der Waals surface area contributed by atoms with Crippen LogP contribution in [0.3, 0.4) is 0 Å². The van der Waals surface area contributed by atoms with Crippen molar-refractivity contribution in [3.63, 3.8) is 0 Å². The summed E-state index contributed by atoms with van der Waals surface area (Å²) in [5, 5.41) is 8.64. The second-order valence-corrected chi connectivity index (χ2v) is 4.45. The summed E-state index contributed by atoms with van der Waals surface area (Å²) < 4.78 is 52.5. The number of aliphatic carboxylic acids is 1. The molecule has 0 fully saturated rings. The highest BCUT2D eigenvalue weighted by molar-refractivity contribution is 5.88. The van der Waals surface area contributed by atoms with Gasteiger partial charge in [-0.05, 0) is 35.4 Å². The summed E-state index contributed by atoms with van der Waals surface area (Å²) in [5.41, 5.74) is -0.859. The maximum absolute atomic E-state index is 13.2. The van der Waals surface area contributed by atoms with Crippen LogP contribution in [0.2, 0.25) is 0 Å². The Kier molecular flexibility index (Phi) is 4.30. The van der Waals surface area contributed by atoms with E-state index < -0.39 is 23.5 Å². The molecule has 0 aliphatic carbocycles. The molecule has 0 bridgehead atoms. The maximum Gasteiger partial charge on any atom is 0.417 e. The zero-order valence-corrected chi connectivity index (χ0v) is 11.1. The van der Waals surface area contributed by atoms with E-state index in [0.717, 1.165) is 30.4 Å². The van der Waals surface area contributed by atoms with E-state index in [-0.39, 0.29) is 16.7 Å². The number of benzene rings is 2. The number of carbonyl (C=O) groups is 1. The van der Waals surface area contributed by atoms with Crippen molar-refractivity contribution in [3.8, 4) is 11.1 Å². The van der Waals surface area contributed by atoms with Gasteiger partial charge in [0.05, 0.1) is 5.56 Å². The summed E-state index contributed by atoms with van der Waals surface area (Å²) in [6.45, 7) is 0. The Labute approximate surface area is 123 Å². The third-order valence-electron chi connectivity index (χ3n) is 2.94. The Morgan fingerprint density at radius 3 is 2.23 bits per heavy atom. The van der Waals surface area contributed by atoms with Crippen molar-refractivity contribution in [2.45, 2.75) is 6.18 Å². The molecule has 2 rings (SSSR count). The topological polar surface area (TPSA) is 37.3 Å². The molecule has 0 radical (unpaired) electrons. The molecule has 2 aromatic rings. The molecule has 0 atom stereocenters. The molecule has 0 amide bonds. The first-order valence-electron chi connectivity index (χ1n) is 6.16. The largest absolute Gasteiger partial charge is 0.478 e. The maximum atomic E-state index is 13.2. The van der Waals surface area contributed by atoms with Crippen molar-refractivity contribution in [3.05, 3.63) is 65.5 Å². The number of rotatable bonds is 3. The lowest BCUT2D eigenvalue weighted by molar-refractivity contribution is -0.137. The molecule has 2 aromatic carbocycles. The third-order valence-corrected chi connectivity index (χ3v) is 2.94. The fraction of sp³-hybridized carbons (Fsp3) is 0.0625. The second kappa shape index (κ2) is 6.01. The van der Waals surface area contributed by atoms with Crippen LogP contribution in [0.1, 0.15) is 11.1 Å². The van der Waals surface area contributed by atoms with Crippen LogP contribution in [0.5, 0.6) is 0 Å². The predicted molar refractivity (Wildman–Crippen MR) is 73.5 cm³/mol. The Balaban J connectivity index is 2.70. The highest BCUT2D eigenvalue weighted by Gasteiger charge is 2.34. The van der Waals surface area contributed by atoms with Gasteiger partial charge in [-0.15, -0.1) is 0 Å². The van der Waals surface area contributed by atoms with Gasteiger partial charge >= 0.3 is 12.1 Å². The van der Waals surface area contributed by atoms with Crippen LogP contribution in [-0.2, 0) is 11.0 Å². The summed E-state index contributed by atoms with van der Waals surface area (Å²) in [6, 6.07) is 8.00. The third kappa shape index (κ3) is 3.52. The molecule has 0 spiro atoms. The molecule has 0 heterocycles. The summed E-state index contributed by atoms with van der Waals surface area (Å²) in [6.07, 6.45) is -2.78. The lowest BCUT2D eigenvalue weighted by Gasteiger charge is -2.15. The summed E-state index contributed by atoms with van der Waals surface area (Å²) in [7, 11) is 0. The Hall–Kier alpha value is -2.63. The molecule has 0 saturated heterocycles. The van der Waals surface area contributed by atoms with Gasteiger partial charge in [0.25, 0.3) is 0 Å². The van der Waals surface area contributed by atoms with Crippen molar-refractivity contribution in [1.82, 2.24) is 0 Å². The molecule has 0 aliphatic rings. The first-order chi connectivity index (χ1) is 10.3. The van der Waals surface area contributed by atoms with E-state index in [1.807, 2.05) is 0 Å². The first kappa shape index (κ1) is 15.8. The summed E-state index contributed by atoms with van der Waals surface area (Å²) in [5.74, 6) is -1.85. The van der Waals surface area contributed by atoms with Gasteiger partial charge in [0.15, 0.2) is 0 Å². The van der Waals surface area contributed by atoms with E-state index in [0.29, 0.717) is 0 Å². The molecule has 6 heteroatoms. The molecule has 0 unspecified atom stereocenters. The van der Waals surface area contributed by atoms with E-state index in [4.69, 9.17) is 5.11 Å². The normalized spacial score (nSPS) is 11.8. The zero-order chi connectivity index (χ0) is 16.3. The van der Waals surface area contributed by atoms with Crippen LogP contribution in [-0.4, -0.2) is 11.1 Å². The fourth-order valence-corrected chi connectivity index (χ4v) is 2.05. The number of hydrogen-bond donors (Lipinski definition) is 1. The van der Waals surface area contributed by atoms with Crippen molar-refractivity contribution in [1.29, 1.82) is 0 Å². The molecular weight excluding hydrogens is 300 g/mol. The monoisotopic (exact) mass is 310 g/mol. The van der Waals surface area contributed by atoms with Gasteiger partial charge in [0.2, 0.25) is 0 Å². The smallest absolute Gasteiger partial charge is 0.417 e. The van der Waals surface area contributed by atoms with Gasteiger partial charge in [-0.2, -0.15) is 13.2 Å². The van der Waals surface area contributed by atoms with Gasteiger partial charge in [0.1, 0.15) is 5.82 Å². The second-order valence-electron chi connectivity index (χ2n) is 4.45. The Bertz CT molecular complexity index is 716. The van der Waals surface area contributed by atoms with Crippen LogP contribution in [0, 0.1) is 5.82 Å². The van der Waals surface area contributed by atoms with Gasteiger partial charge in [-0.1, -0.05) is 24.3 Å². The number of alkyl halides is 3. The number of carboxylic acids is 1. The van der Waals surface area contributed by atoms with Crippen LogP contribution in [0.4, 0.5) is 17.6 Å². The quantitative estimate of drug-likeness (QED) is 0.664. The standard InChI is InChI=1S/C16H10F4O2/c17-12-7-4-11(5-8-12)15-10(6-9-14(21)22)2-1-3-13(15)16(18,19)20/h1-9H,(H,21,22)/b9-6+. The van der Waals surface area contributed by atoms with Crippen LogP contribution in [0.25, 0.3) is 17.2 Å². The van der Waals surface area contributed by atoms with Crippen molar-refractivity contribution < 1.29 is 27.5 Å². The minimum absolute atomic E-state index is 0.0869. The van der Waals surface area contributed by atoms with Crippen LogP contribution in [0.15, 0.2) is 48.5 Å². The van der Waals surface area contributed by atoms with E-state index in [1.54, 1.807) is 0 Å². The molecule has 1 N–H and O–H groups in total. The highest BCUT2D eigenvalue weighted by atomic mass is 19.4. The van der Waals surface area contributed by atoms with Crippen LogP contribution < -0.4 is 0 Å². The molecule has 0 aromatic heterocycles. The lowest BCUT2D eigenvalue weighted by Crippen LogP contribution is -2.08. The van der Waals surface area contributed by atoms with E-state index in [1.165, 1.54) is 24.3 Å². The lowest BCUT2D eigenvalue weighted by atomic mass is 9.93. The average Bonchev–Trinajstić information content (AvgIpc) is 2.44. The molecule has 0 aliphatic heterocycles. The molecule has 114 valence electrons. The molecule has 0 saturated carbocycles. The van der Waals surface area contributed by atoms with Crippen LogP contribution >= 0.6 is 0 Å². The highest BCUT2D eigenvalue weighted by Crippen LogP contribution is 2.39. The number of carboxylic acid groups (broad SMARTS) is 1. The predicted octanol–water partition coefficient (Wildman–Crippen LogP) is 4.61. The molecular formula is C16H10F4O2. The number of halogens is 4. The Morgan fingerprint density at radius 1 is 1.05 bits per heavy atom. The van der Waals surface area contributed by atoms with Gasteiger partial charge < -0.3 is 5.11 Å². The minimum atomic E-state index is -4.61. The fourth-order valence-electron chi connectivity index (χ4n) is 2.05. The van der Waals surface area contributed by atoms with E-state index >= 15 is 0 Å². The average molecular weight is 310 g/mol. The number of hydrogen-bond acceptors (Lipinski definition) is 1. The summed E-state index contributed by atoms with van der Waals surface area (Å²) >= 11 is 0. The summed E-state index contributed by atoms with van der Waals surface area (Å²) in [4.78, 5) is 10.6.